The number of nitrogens with two attached hydrogens (primary N) is 1. The van der Waals surface area contributed by atoms with Crippen molar-refractivity contribution in [2.45, 2.75) is 46.7 Å². The molecular formula is C13H22N2O2. The third kappa shape index (κ3) is 3.09. The second kappa shape index (κ2) is 5.87. The summed E-state index contributed by atoms with van der Waals surface area (Å²) < 4.78 is 7.12. The van der Waals surface area contributed by atoms with Gasteiger partial charge in [0.1, 0.15) is 6.04 Å². The van der Waals surface area contributed by atoms with Gasteiger partial charge < -0.3 is 15.0 Å². The summed E-state index contributed by atoms with van der Waals surface area (Å²) in [5.41, 5.74) is 9.34. The Hall–Kier alpha value is -1.29. The molecule has 4 heteroatoms. The van der Waals surface area contributed by atoms with Gasteiger partial charge in [0.25, 0.3) is 0 Å². The minimum atomic E-state index is -0.569. The molecular weight excluding hydrogens is 216 g/mol. The second-order valence-electron chi connectivity index (χ2n) is 4.20. The number of aromatic nitrogens is 1. The maximum atomic E-state index is 11.5. The summed E-state index contributed by atoms with van der Waals surface area (Å²) in [5, 5.41) is 0. The molecule has 0 aromatic carbocycles. The molecule has 0 spiro atoms. The van der Waals surface area contributed by atoms with Crippen molar-refractivity contribution in [1.29, 1.82) is 0 Å². The Morgan fingerprint density at radius 1 is 1.47 bits per heavy atom. The number of aryl methyl sites for hydroxylation is 1. The van der Waals surface area contributed by atoms with Crippen molar-refractivity contribution >= 4 is 5.97 Å². The maximum absolute atomic E-state index is 11.5. The summed E-state index contributed by atoms with van der Waals surface area (Å²) in [4.78, 5) is 11.5. The Labute approximate surface area is 103 Å². The molecule has 1 heterocycles. The van der Waals surface area contributed by atoms with Crippen molar-refractivity contribution in [3.8, 4) is 0 Å². The number of rotatable bonds is 5. The largest absolute Gasteiger partial charge is 0.465 e. The van der Waals surface area contributed by atoms with Crippen LogP contribution in [0.3, 0.4) is 0 Å². The summed E-state index contributed by atoms with van der Waals surface area (Å²) in [6.07, 6.45) is 0.540. The van der Waals surface area contributed by atoms with Crippen LogP contribution in [-0.4, -0.2) is 23.2 Å². The van der Waals surface area contributed by atoms with Crippen molar-refractivity contribution < 1.29 is 9.53 Å². The molecule has 0 aliphatic carbocycles. The second-order valence-corrected chi connectivity index (χ2v) is 4.20. The van der Waals surface area contributed by atoms with Gasteiger partial charge in [-0.05, 0) is 45.7 Å². The van der Waals surface area contributed by atoms with Crippen LogP contribution in [0.25, 0.3) is 0 Å². The molecule has 96 valence electrons. The molecule has 0 aliphatic heterocycles. The fraction of sp³-hybridized carbons (Fsp3) is 0.615. The summed E-state index contributed by atoms with van der Waals surface area (Å²) >= 11 is 0. The van der Waals surface area contributed by atoms with E-state index in [1.54, 1.807) is 6.92 Å². The standard InChI is InChI=1S/C13H22N2O2/c1-5-15-9(3)7-11(10(15)4)8-12(14)13(16)17-6-2/h7,12H,5-6,8,14H2,1-4H3. The monoisotopic (exact) mass is 238 g/mol. The van der Waals surface area contributed by atoms with E-state index in [0.717, 1.165) is 12.1 Å². The third-order valence-corrected chi connectivity index (χ3v) is 3.02. The zero-order valence-electron chi connectivity index (χ0n) is 11.1. The van der Waals surface area contributed by atoms with Gasteiger partial charge in [0.05, 0.1) is 6.61 Å². The van der Waals surface area contributed by atoms with E-state index in [0.29, 0.717) is 13.0 Å². The molecule has 1 atom stereocenters. The van der Waals surface area contributed by atoms with Crippen molar-refractivity contribution in [1.82, 2.24) is 4.57 Å². The Bertz CT molecular complexity index is 396. The highest BCUT2D eigenvalue weighted by atomic mass is 16.5. The number of ether oxygens (including phenoxy) is 1. The first-order chi connectivity index (χ1) is 8.01. The predicted octanol–water partition coefficient (Wildman–Crippen LogP) is 1.56. The molecule has 0 saturated carbocycles. The van der Waals surface area contributed by atoms with Crippen LogP contribution in [0.15, 0.2) is 6.07 Å². The molecule has 1 aromatic heterocycles. The van der Waals surface area contributed by atoms with E-state index in [1.807, 2.05) is 0 Å². The van der Waals surface area contributed by atoms with Crippen LogP contribution in [0.4, 0.5) is 0 Å². The Balaban J connectivity index is 2.78. The fourth-order valence-corrected chi connectivity index (χ4v) is 2.14. The quantitative estimate of drug-likeness (QED) is 0.792. The van der Waals surface area contributed by atoms with E-state index >= 15 is 0 Å². The van der Waals surface area contributed by atoms with Gasteiger partial charge in [-0.1, -0.05) is 0 Å². The average Bonchev–Trinajstić information content (AvgIpc) is 2.54. The lowest BCUT2D eigenvalue weighted by atomic mass is 10.1. The summed E-state index contributed by atoms with van der Waals surface area (Å²) in [7, 11) is 0. The number of carbonyl (C=O) groups is 1. The molecule has 0 amide bonds. The molecule has 17 heavy (non-hydrogen) atoms. The summed E-state index contributed by atoms with van der Waals surface area (Å²) in [5.74, 6) is -0.325. The third-order valence-electron chi connectivity index (χ3n) is 3.02. The number of esters is 1. The van der Waals surface area contributed by atoms with Crippen LogP contribution < -0.4 is 5.73 Å². The predicted molar refractivity (Wildman–Crippen MR) is 67.9 cm³/mol. The van der Waals surface area contributed by atoms with Gasteiger partial charge in [-0.2, -0.15) is 0 Å². The first-order valence-electron chi connectivity index (χ1n) is 6.09. The van der Waals surface area contributed by atoms with Gasteiger partial charge >= 0.3 is 5.97 Å². The van der Waals surface area contributed by atoms with Crippen molar-refractivity contribution in [3.05, 3.63) is 23.0 Å². The van der Waals surface area contributed by atoms with Gasteiger partial charge in [-0.3, -0.25) is 4.79 Å². The molecule has 0 saturated heterocycles. The minimum Gasteiger partial charge on any atom is -0.465 e. The van der Waals surface area contributed by atoms with Crippen LogP contribution >= 0.6 is 0 Å². The number of hydrogen-bond donors (Lipinski definition) is 1. The molecule has 0 bridgehead atoms. The lowest BCUT2D eigenvalue weighted by molar-refractivity contribution is -0.144. The SMILES string of the molecule is CCOC(=O)C(N)Cc1cc(C)n(CC)c1C. The molecule has 1 aromatic rings. The van der Waals surface area contributed by atoms with E-state index in [-0.39, 0.29) is 5.97 Å². The number of nitrogens with zero attached hydrogens (tertiary/aromatic N) is 1. The van der Waals surface area contributed by atoms with Crippen LogP contribution in [-0.2, 0) is 22.5 Å². The van der Waals surface area contributed by atoms with Crippen LogP contribution in [0, 0.1) is 13.8 Å². The van der Waals surface area contributed by atoms with Gasteiger partial charge in [-0.15, -0.1) is 0 Å². The van der Waals surface area contributed by atoms with E-state index < -0.39 is 6.04 Å². The van der Waals surface area contributed by atoms with Gasteiger partial charge in [0.2, 0.25) is 0 Å². The zero-order chi connectivity index (χ0) is 13.0. The summed E-state index contributed by atoms with van der Waals surface area (Å²) in [6.45, 7) is 9.33. The van der Waals surface area contributed by atoms with Crippen molar-refractivity contribution in [2.24, 2.45) is 5.73 Å². The number of hydrogen-bond acceptors (Lipinski definition) is 3. The normalized spacial score (nSPS) is 12.5. The maximum Gasteiger partial charge on any atom is 0.323 e. The van der Waals surface area contributed by atoms with E-state index in [9.17, 15) is 4.79 Å². The van der Waals surface area contributed by atoms with Crippen LogP contribution in [0.5, 0.6) is 0 Å². The Kier molecular flexibility index (Phi) is 4.75. The lowest BCUT2D eigenvalue weighted by Crippen LogP contribution is -2.34. The van der Waals surface area contributed by atoms with Gasteiger partial charge in [-0.25, -0.2) is 0 Å². The highest BCUT2D eigenvalue weighted by Crippen LogP contribution is 2.16. The molecule has 0 aliphatic rings. The molecule has 0 fully saturated rings. The topological polar surface area (TPSA) is 57.2 Å². The first kappa shape index (κ1) is 13.8. The fourth-order valence-electron chi connectivity index (χ4n) is 2.14. The summed E-state index contributed by atoms with van der Waals surface area (Å²) in [6, 6.07) is 1.53. The average molecular weight is 238 g/mol. The van der Waals surface area contributed by atoms with Gasteiger partial charge in [0, 0.05) is 17.9 Å². The molecule has 0 radical (unpaired) electrons. The van der Waals surface area contributed by atoms with E-state index in [1.165, 1.54) is 11.4 Å². The highest BCUT2D eigenvalue weighted by Gasteiger charge is 2.18. The molecule has 2 N–H and O–H groups in total. The van der Waals surface area contributed by atoms with Crippen molar-refractivity contribution in [3.63, 3.8) is 0 Å². The molecule has 1 rings (SSSR count). The van der Waals surface area contributed by atoms with Gasteiger partial charge in [0.15, 0.2) is 0 Å². The van der Waals surface area contributed by atoms with E-state index in [2.05, 4.69) is 31.4 Å². The molecule has 4 nitrogen and oxygen atoms in total. The Morgan fingerprint density at radius 2 is 2.12 bits per heavy atom. The first-order valence-corrected chi connectivity index (χ1v) is 6.09. The zero-order valence-corrected chi connectivity index (χ0v) is 11.1. The van der Waals surface area contributed by atoms with Crippen LogP contribution in [0.1, 0.15) is 30.8 Å². The highest BCUT2D eigenvalue weighted by molar-refractivity contribution is 5.75. The minimum absolute atomic E-state index is 0.325. The molecule has 1 unspecified atom stereocenters. The number of carbonyl (C=O) groups excluding carboxylic acids is 1. The lowest BCUT2D eigenvalue weighted by Gasteiger charge is -2.11. The smallest absolute Gasteiger partial charge is 0.323 e. The van der Waals surface area contributed by atoms with Crippen molar-refractivity contribution in [2.75, 3.05) is 6.61 Å². The van der Waals surface area contributed by atoms with Crippen LogP contribution in [0.2, 0.25) is 0 Å². The van der Waals surface area contributed by atoms with E-state index in [4.69, 9.17) is 10.5 Å². The Morgan fingerprint density at radius 3 is 2.59 bits per heavy atom.